The Hall–Kier alpha value is -1.26. The van der Waals surface area contributed by atoms with E-state index in [-0.39, 0.29) is 6.10 Å². The molecule has 1 atom stereocenters. The summed E-state index contributed by atoms with van der Waals surface area (Å²) in [6.45, 7) is 0. The number of methoxy groups -OCH3 is 1. The fourth-order valence-electron chi connectivity index (χ4n) is 0.928. The molecule has 1 nitrogen and oxygen atoms in total. The monoisotopic (exact) mass is 146 g/mol. The summed E-state index contributed by atoms with van der Waals surface area (Å²) in [5, 5.41) is 0. The fraction of sp³-hybridized carbons (Fsp3) is 0.200. The average molecular weight is 146 g/mol. The smallest absolute Gasteiger partial charge is 0.142 e. The minimum absolute atomic E-state index is 0.212. The van der Waals surface area contributed by atoms with Gasteiger partial charge in [-0.1, -0.05) is 36.3 Å². The Kier molecular flexibility index (Phi) is 2.71. The van der Waals surface area contributed by atoms with Crippen LogP contribution in [0.2, 0.25) is 0 Å². The number of terminal acetylenes is 1. The van der Waals surface area contributed by atoms with E-state index in [2.05, 4.69) is 5.92 Å². The lowest BCUT2D eigenvalue weighted by molar-refractivity contribution is 0.150. The molecule has 1 aromatic carbocycles. The highest BCUT2D eigenvalue weighted by Crippen LogP contribution is 2.13. The summed E-state index contributed by atoms with van der Waals surface area (Å²) in [6.07, 6.45) is 5.03. The molecule has 1 heteroatoms. The molecule has 0 aliphatic carbocycles. The largest absolute Gasteiger partial charge is 0.364 e. The van der Waals surface area contributed by atoms with Crippen molar-refractivity contribution in [1.29, 1.82) is 0 Å². The minimum Gasteiger partial charge on any atom is -0.364 e. The highest BCUT2D eigenvalue weighted by molar-refractivity contribution is 5.23. The molecule has 0 aliphatic heterocycles. The van der Waals surface area contributed by atoms with Crippen molar-refractivity contribution in [2.75, 3.05) is 7.11 Å². The van der Waals surface area contributed by atoms with Gasteiger partial charge in [-0.15, -0.1) is 6.42 Å². The van der Waals surface area contributed by atoms with Gasteiger partial charge in [-0.05, 0) is 5.56 Å². The van der Waals surface area contributed by atoms with E-state index in [0.717, 1.165) is 5.56 Å². The van der Waals surface area contributed by atoms with Crippen molar-refractivity contribution in [3.05, 3.63) is 35.9 Å². The van der Waals surface area contributed by atoms with Crippen molar-refractivity contribution in [2.45, 2.75) is 6.10 Å². The summed E-state index contributed by atoms with van der Waals surface area (Å²) in [7, 11) is 1.61. The zero-order valence-electron chi connectivity index (χ0n) is 6.45. The summed E-state index contributed by atoms with van der Waals surface area (Å²) >= 11 is 0. The maximum atomic E-state index is 5.24. The van der Waals surface area contributed by atoms with Crippen molar-refractivity contribution in [2.24, 2.45) is 0 Å². The van der Waals surface area contributed by atoms with Crippen molar-refractivity contribution in [3.63, 3.8) is 0 Å². The molecule has 56 valence electrons. The Balaban J connectivity index is 2.85. The van der Waals surface area contributed by atoms with Gasteiger partial charge in [-0.2, -0.15) is 0 Å². The highest BCUT2D eigenvalue weighted by Gasteiger charge is 2.03. The van der Waals surface area contributed by atoms with Crippen LogP contribution in [0, 0.1) is 12.3 Å². The van der Waals surface area contributed by atoms with Crippen LogP contribution in [0.1, 0.15) is 11.7 Å². The Morgan fingerprint density at radius 1 is 1.36 bits per heavy atom. The molecular weight excluding hydrogens is 136 g/mol. The Bertz CT molecular complexity index is 245. The molecule has 1 rings (SSSR count). The molecule has 1 aromatic rings. The maximum absolute atomic E-state index is 5.24. The quantitative estimate of drug-likeness (QED) is 0.580. The molecule has 0 saturated carbocycles. The molecule has 0 bridgehead atoms. The van der Waals surface area contributed by atoms with Crippen LogP contribution in [0.3, 0.4) is 0 Å². The van der Waals surface area contributed by atoms with Crippen LogP contribution in [0.4, 0.5) is 0 Å². The number of rotatable bonds is 2. The normalized spacial score (nSPS) is 12.0. The lowest BCUT2D eigenvalue weighted by Crippen LogP contribution is -1.96. The fourth-order valence-corrected chi connectivity index (χ4v) is 0.928. The first-order valence-corrected chi connectivity index (χ1v) is 3.42. The van der Waals surface area contributed by atoms with Gasteiger partial charge in [0.25, 0.3) is 0 Å². The van der Waals surface area contributed by atoms with Gasteiger partial charge in [0.15, 0.2) is 0 Å². The molecule has 0 aromatic heterocycles. The van der Waals surface area contributed by atoms with Gasteiger partial charge in [0, 0.05) is 7.11 Å². The van der Waals surface area contributed by atoms with Gasteiger partial charge in [0.05, 0.1) is 0 Å². The molecular formula is C10H10O. The standard InChI is InChI=1S/C10H10O/c1-3-10(11-2)9-7-5-4-6-8-9/h1,4-8,10H,2H3/t10-/m1/s1. The van der Waals surface area contributed by atoms with Crippen LogP contribution in [0.5, 0.6) is 0 Å². The van der Waals surface area contributed by atoms with Crippen molar-refractivity contribution in [3.8, 4) is 12.3 Å². The average Bonchev–Trinajstić information content (AvgIpc) is 2.09. The molecule has 0 amide bonds. The topological polar surface area (TPSA) is 9.23 Å². The van der Waals surface area contributed by atoms with Crippen molar-refractivity contribution >= 4 is 0 Å². The number of ether oxygens (including phenoxy) is 1. The van der Waals surface area contributed by atoms with E-state index in [1.54, 1.807) is 7.11 Å². The molecule has 0 heterocycles. The molecule has 0 saturated heterocycles. The van der Waals surface area contributed by atoms with E-state index in [9.17, 15) is 0 Å². The van der Waals surface area contributed by atoms with Gasteiger partial charge >= 0.3 is 0 Å². The Morgan fingerprint density at radius 3 is 2.45 bits per heavy atom. The van der Waals surface area contributed by atoms with Crippen LogP contribution in [-0.4, -0.2) is 7.11 Å². The Labute approximate surface area is 67.0 Å². The number of hydrogen-bond acceptors (Lipinski definition) is 1. The molecule has 11 heavy (non-hydrogen) atoms. The third-order valence-electron chi connectivity index (χ3n) is 1.49. The van der Waals surface area contributed by atoms with Gasteiger partial charge in [-0.3, -0.25) is 0 Å². The maximum Gasteiger partial charge on any atom is 0.142 e. The van der Waals surface area contributed by atoms with Crippen LogP contribution >= 0.6 is 0 Å². The zero-order chi connectivity index (χ0) is 8.10. The van der Waals surface area contributed by atoms with Crippen molar-refractivity contribution < 1.29 is 4.74 Å². The summed E-state index contributed by atoms with van der Waals surface area (Å²) < 4.78 is 5.05. The van der Waals surface area contributed by atoms with E-state index in [4.69, 9.17) is 11.2 Å². The molecule has 0 radical (unpaired) electrons. The van der Waals surface area contributed by atoms with Gasteiger partial charge in [-0.25, -0.2) is 0 Å². The first kappa shape index (κ1) is 7.84. The molecule has 0 fully saturated rings. The summed E-state index contributed by atoms with van der Waals surface area (Å²) in [4.78, 5) is 0. The Morgan fingerprint density at radius 2 is 2.00 bits per heavy atom. The number of hydrogen-bond donors (Lipinski definition) is 0. The summed E-state index contributed by atoms with van der Waals surface area (Å²) in [5.74, 6) is 2.55. The lowest BCUT2D eigenvalue weighted by atomic mass is 10.1. The van der Waals surface area contributed by atoms with Crippen LogP contribution in [-0.2, 0) is 4.74 Å². The molecule has 0 unspecified atom stereocenters. The second kappa shape index (κ2) is 3.80. The highest BCUT2D eigenvalue weighted by atomic mass is 16.5. The predicted octanol–water partition coefficient (Wildman–Crippen LogP) is 2.01. The van der Waals surface area contributed by atoms with Crippen LogP contribution < -0.4 is 0 Å². The van der Waals surface area contributed by atoms with E-state index in [1.807, 2.05) is 30.3 Å². The van der Waals surface area contributed by atoms with Gasteiger partial charge in [0.2, 0.25) is 0 Å². The zero-order valence-corrected chi connectivity index (χ0v) is 6.45. The van der Waals surface area contributed by atoms with Gasteiger partial charge < -0.3 is 4.74 Å². The second-order valence-corrected chi connectivity index (χ2v) is 2.19. The third kappa shape index (κ3) is 1.83. The van der Waals surface area contributed by atoms with Crippen molar-refractivity contribution in [1.82, 2.24) is 0 Å². The minimum atomic E-state index is -0.212. The SMILES string of the molecule is C#C[C@@H](OC)c1ccccc1. The third-order valence-corrected chi connectivity index (χ3v) is 1.49. The van der Waals surface area contributed by atoms with Gasteiger partial charge in [0.1, 0.15) is 6.10 Å². The van der Waals surface area contributed by atoms with E-state index in [0.29, 0.717) is 0 Å². The van der Waals surface area contributed by atoms with E-state index >= 15 is 0 Å². The predicted molar refractivity (Wildman–Crippen MR) is 45.0 cm³/mol. The molecule has 0 spiro atoms. The van der Waals surface area contributed by atoms with Crippen LogP contribution in [0.25, 0.3) is 0 Å². The van der Waals surface area contributed by atoms with E-state index < -0.39 is 0 Å². The lowest BCUT2D eigenvalue weighted by Gasteiger charge is -2.07. The second-order valence-electron chi connectivity index (χ2n) is 2.19. The molecule has 0 aliphatic rings. The molecule has 0 N–H and O–H groups in total. The van der Waals surface area contributed by atoms with E-state index in [1.165, 1.54) is 0 Å². The first-order chi connectivity index (χ1) is 5.38. The van der Waals surface area contributed by atoms with Crippen LogP contribution in [0.15, 0.2) is 30.3 Å². The number of benzene rings is 1. The summed E-state index contributed by atoms with van der Waals surface area (Å²) in [5.41, 5.74) is 1.03. The first-order valence-electron chi connectivity index (χ1n) is 3.42. The summed E-state index contributed by atoms with van der Waals surface area (Å²) in [6, 6.07) is 9.74.